The lowest BCUT2D eigenvalue weighted by molar-refractivity contribution is -0.137. The molecule has 2 heterocycles. The fourth-order valence-electron chi connectivity index (χ4n) is 3.52. The number of hydrogen-bond acceptors (Lipinski definition) is 2. The van der Waals surface area contributed by atoms with E-state index in [9.17, 15) is 13.2 Å². The van der Waals surface area contributed by atoms with E-state index in [2.05, 4.69) is 9.98 Å². The highest BCUT2D eigenvalue weighted by Gasteiger charge is 2.31. The van der Waals surface area contributed by atoms with Crippen molar-refractivity contribution in [2.24, 2.45) is 17.8 Å². The molecular formula is C20H19F3N4. The molecule has 2 aromatic heterocycles. The molecule has 0 aliphatic carbocycles. The summed E-state index contributed by atoms with van der Waals surface area (Å²) in [6, 6.07) is 11.5. The van der Waals surface area contributed by atoms with E-state index in [1.807, 2.05) is 35.9 Å². The Bertz CT molecular complexity index is 1220. The zero-order valence-corrected chi connectivity index (χ0v) is 14.8. The maximum Gasteiger partial charge on any atom is 0.416 e. The van der Waals surface area contributed by atoms with Gasteiger partial charge in [-0.15, -0.1) is 0 Å². The van der Waals surface area contributed by atoms with Gasteiger partial charge in [-0.25, -0.2) is 0 Å². The highest BCUT2D eigenvalue weighted by Crippen LogP contribution is 2.32. The number of aryl methyl sites for hydroxylation is 1. The van der Waals surface area contributed by atoms with Crippen molar-refractivity contribution in [1.29, 1.82) is 0 Å². The molecular weight excluding hydrogens is 353 g/mol. The van der Waals surface area contributed by atoms with Gasteiger partial charge in [-0.05, 0) is 37.2 Å². The maximum absolute atomic E-state index is 13.3. The standard InChI is InChI=1S/C20H19F3N4/c1-27-16-8-7-12(20(21,22)23)11-14(16)18(25-10-4-9-24)17-13-5-2-3-6-15(13)26-19(17)27/h2-3,5-8,11,26H,4,9-10,24H2,1H3. The van der Waals surface area contributed by atoms with Gasteiger partial charge < -0.3 is 15.3 Å². The topological polar surface area (TPSA) is 59.1 Å². The average Bonchev–Trinajstić information content (AvgIpc) is 3.03. The first kappa shape index (κ1) is 17.6. The summed E-state index contributed by atoms with van der Waals surface area (Å²) in [5.41, 5.74) is 7.34. The molecule has 140 valence electrons. The third-order valence-electron chi connectivity index (χ3n) is 4.83. The second-order valence-corrected chi connectivity index (χ2v) is 6.56. The number of nitrogens with one attached hydrogen (secondary N) is 1. The summed E-state index contributed by atoms with van der Waals surface area (Å²) >= 11 is 0. The molecule has 2 aromatic carbocycles. The van der Waals surface area contributed by atoms with Gasteiger partial charge in [0.1, 0.15) is 5.65 Å². The number of aromatic nitrogens is 2. The SMILES string of the molecule is Cn1c2ccc(C(F)(F)F)cc2c(=NCCCN)c2c3ccccc3[nH]c21. The van der Waals surface area contributed by atoms with Crippen molar-refractivity contribution in [3.63, 3.8) is 0 Å². The van der Waals surface area contributed by atoms with Crippen LogP contribution in [0, 0.1) is 0 Å². The minimum atomic E-state index is -4.41. The number of halogens is 3. The lowest BCUT2D eigenvalue weighted by Crippen LogP contribution is -2.14. The van der Waals surface area contributed by atoms with Crippen LogP contribution in [0.25, 0.3) is 32.8 Å². The number of pyridine rings is 1. The van der Waals surface area contributed by atoms with Crippen LogP contribution in [-0.2, 0) is 13.2 Å². The Morgan fingerprint density at radius 3 is 2.63 bits per heavy atom. The number of rotatable bonds is 3. The van der Waals surface area contributed by atoms with E-state index in [1.54, 1.807) is 0 Å². The van der Waals surface area contributed by atoms with Crippen molar-refractivity contribution in [3.05, 3.63) is 53.4 Å². The monoisotopic (exact) mass is 372 g/mol. The Labute approximate surface area is 153 Å². The molecule has 0 atom stereocenters. The van der Waals surface area contributed by atoms with Gasteiger partial charge in [0, 0.05) is 29.9 Å². The first-order valence-corrected chi connectivity index (χ1v) is 8.72. The van der Waals surface area contributed by atoms with Crippen LogP contribution in [0.4, 0.5) is 13.2 Å². The molecule has 0 unspecified atom stereocenters. The summed E-state index contributed by atoms with van der Waals surface area (Å²) in [6.45, 7) is 0.942. The summed E-state index contributed by atoms with van der Waals surface area (Å²) in [5.74, 6) is 0. The van der Waals surface area contributed by atoms with Gasteiger partial charge in [-0.3, -0.25) is 4.99 Å². The highest BCUT2D eigenvalue weighted by molar-refractivity contribution is 6.09. The first-order chi connectivity index (χ1) is 12.9. The van der Waals surface area contributed by atoms with E-state index in [0.717, 1.165) is 28.0 Å². The van der Waals surface area contributed by atoms with Crippen molar-refractivity contribution < 1.29 is 13.2 Å². The number of benzene rings is 2. The second kappa shape index (κ2) is 6.42. The van der Waals surface area contributed by atoms with Crippen LogP contribution >= 0.6 is 0 Å². The summed E-state index contributed by atoms with van der Waals surface area (Å²) in [5, 5.41) is 2.84. The van der Waals surface area contributed by atoms with E-state index in [-0.39, 0.29) is 0 Å². The molecule has 4 nitrogen and oxygen atoms in total. The Morgan fingerprint density at radius 2 is 1.89 bits per heavy atom. The van der Waals surface area contributed by atoms with Gasteiger partial charge in [0.05, 0.1) is 21.8 Å². The quantitative estimate of drug-likeness (QED) is 0.523. The van der Waals surface area contributed by atoms with E-state index >= 15 is 0 Å². The number of aromatic amines is 1. The lowest BCUT2D eigenvalue weighted by Gasteiger charge is -2.12. The summed E-state index contributed by atoms with van der Waals surface area (Å²) in [6.07, 6.45) is -3.73. The average molecular weight is 372 g/mol. The lowest BCUT2D eigenvalue weighted by atomic mass is 10.1. The molecule has 0 saturated carbocycles. The van der Waals surface area contributed by atoms with Gasteiger partial charge in [0.25, 0.3) is 0 Å². The molecule has 27 heavy (non-hydrogen) atoms. The molecule has 0 saturated heterocycles. The number of H-pyrrole nitrogens is 1. The van der Waals surface area contributed by atoms with Crippen molar-refractivity contribution >= 4 is 32.8 Å². The summed E-state index contributed by atoms with van der Waals surface area (Å²) in [7, 11) is 1.84. The molecule has 0 fully saturated rings. The molecule has 0 bridgehead atoms. The number of nitrogens with two attached hydrogens (primary N) is 1. The van der Waals surface area contributed by atoms with Crippen molar-refractivity contribution in [2.75, 3.05) is 13.1 Å². The molecule has 4 aromatic rings. The molecule has 0 amide bonds. The molecule has 0 radical (unpaired) electrons. The van der Waals surface area contributed by atoms with Gasteiger partial charge in [0.2, 0.25) is 0 Å². The number of alkyl halides is 3. The van der Waals surface area contributed by atoms with Crippen molar-refractivity contribution in [1.82, 2.24) is 9.55 Å². The molecule has 0 spiro atoms. The number of para-hydroxylation sites is 1. The number of nitrogens with zero attached hydrogens (tertiary/aromatic N) is 2. The Morgan fingerprint density at radius 1 is 1.11 bits per heavy atom. The van der Waals surface area contributed by atoms with E-state index in [0.29, 0.717) is 35.8 Å². The smallest absolute Gasteiger partial charge is 0.341 e. The van der Waals surface area contributed by atoms with Gasteiger partial charge in [-0.1, -0.05) is 18.2 Å². The maximum atomic E-state index is 13.3. The third kappa shape index (κ3) is 2.88. The Balaban J connectivity index is 2.21. The minimum Gasteiger partial charge on any atom is -0.341 e. The minimum absolute atomic E-state index is 0.462. The van der Waals surface area contributed by atoms with Crippen LogP contribution in [0.5, 0.6) is 0 Å². The van der Waals surface area contributed by atoms with Crippen LogP contribution in [0.2, 0.25) is 0 Å². The molecule has 0 aliphatic heterocycles. The normalized spacial score (nSPS) is 13.3. The van der Waals surface area contributed by atoms with Crippen LogP contribution in [0.1, 0.15) is 12.0 Å². The van der Waals surface area contributed by atoms with Crippen LogP contribution < -0.4 is 11.1 Å². The van der Waals surface area contributed by atoms with Crippen LogP contribution in [-0.4, -0.2) is 22.6 Å². The largest absolute Gasteiger partial charge is 0.416 e. The summed E-state index contributed by atoms with van der Waals surface area (Å²) in [4.78, 5) is 8.03. The zero-order chi connectivity index (χ0) is 19.2. The predicted molar refractivity (Wildman–Crippen MR) is 101 cm³/mol. The molecule has 3 N–H and O–H groups in total. The fourth-order valence-corrected chi connectivity index (χ4v) is 3.52. The van der Waals surface area contributed by atoms with Crippen LogP contribution in [0.3, 0.4) is 0 Å². The Kier molecular flexibility index (Phi) is 4.19. The van der Waals surface area contributed by atoms with Crippen molar-refractivity contribution in [2.45, 2.75) is 12.6 Å². The number of fused-ring (bicyclic) bond motifs is 4. The molecule has 0 aliphatic rings. The number of hydrogen-bond donors (Lipinski definition) is 2. The Hall–Kier alpha value is -2.80. The third-order valence-corrected chi connectivity index (χ3v) is 4.83. The molecule has 4 rings (SSSR count). The zero-order valence-electron chi connectivity index (χ0n) is 14.8. The van der Waals surface area contributed by atoms with Gasteiger partial charge >= 0.3 is 6.18 Å². The van der Waals surface area contributed by atoms with Crippen LogP contribution in [0.15, 0.2) is 47.5 Å². The van der Waals surface area contributed by atoms with E-state index < -0.39 is 11.7 Å². The predicted octanol–water partition coefficient (Wildman–Crippen LogP) is 4.08. The fraction of sp³-hybridized carbons (Fsp3) is 0.250. The van der Waals surface area contributed by atoms with Gasteiger partial charge in [0.15, 0.2) is 0 Å². The van der Waals surface area contributed by atoms with Crippen molar-refractivity contribution in [3.8, 4) is 0 Å². The van der Waals surface area contributed by atoms with Gasteiger partial charge in [-0.2, -0.15) is 13.2 Å². The van der Waals surface area contributed by atoms with E-state index in [4.69, 9.17) is 5.73 Å². The first-order valence-electron chi connectivity index (χ1n) is 8.72. The summed E-state index contributed by atoms with van der Waals surface area (Å²) < 4.78 is 41.8. The second-order valence-electron chi connectivity index (χ2n) is 6.56. The molecule has 7 heteroatoms. The van der Waals surface area contributed by atoms with E-state index in [1.165, 1.54) is 12.1 Å². The highest BCUT2D eigenvalue weighted by atomic mass is 19.4.